The van der Waals surface area contributed by atoms with Gasteiger partial charge in [-0.1, -0.05) is 34.8 Å². The van der Waals surface area contributed by atoms with Gasteiger partial charge in [0.2, 0.25) is 0 Å². The van der Waals surface area contributed by atoms with Gasteiger partial charge < -0.3 is 9.47 Å². The molecule has 0 atom stereocenters. The lowest BCUT2D eigenvalue weighted by Gasteiger charge is -2.09. The Kier molecular flexibility index (Phi) is 5.34. The van der Waals surface area contributed by atoms with Gasteiger partial charge in [0.1, 0.15) is 11.5 Å². The first-order valence-electron chi connectivity index (χ1n) is 6.00. The molecule has 0 aromatic heterocycles. The first kappa shape index (κ1) is 16.0. The second kappa shape index (κ2) is 7.03. The smallest absolute Gasteiger partial charge is 0.349 e. The molecule has 0 fully saturated rings. The van der Waals surface area contributed by atoms with E-state index in [9.17, 15) is 4.79 Å². The van der Waals surface area contributed by atoms with Crippen LogP contribution in [0.25, 0.3) is 0 Å². The van der Waals surface area contributed by atoms with Crippen molar-refractivity contribution in [2.75, 3.05) is 6.61 Å². The summed E-state index contributed by atoms with van der Waals surface area (Å²) in [6.07, 6.45) is 0. The van der Waals surface area contributed by atoms with Gasteiger partial charge in [-0.2, -0.15) is 0 Å². The molecule has 0 aliphatic heterocycles. The molecule has 0 N–H and O–H groups in total. The Balaban J connectivity index is 1.94. The fraction of sp³-hybridized carbons (Fsp3) is 0.133. The van der Waals surface area contributed by atoms with Gasteiger partial charge in [0.25, 0.3) is 0 Å². The highest BCUT2D eigenvalue weighted by Gasteiger charge is 2.10. The molecule has 0 saturated heterocycles. The molecule has 2 aromatic carbocycles. The number of rotatable bonds is 4. The molecule has 0 unspecified atom stereocenters. The molecule has 0 bridgehead atoms. The Morgan fingerprint density at radius 1 is 1.05 bits per heavy atom. The molecule has 6 heteroatoms. The highest BCUT2D eigenvalue weighted by Crippen LogP contribution is 2.27. The summed E-state index contributed by atoms with van der Waals surface area (Å²) in [7, 11) is 0. The molecule has 0 radical (unpaired) electrons. The summed E-state index contributed by atoms with van der Waals surface area (Å²) in [4.78, 5) is 11.7. The lowest BCUT2D eigenvalue weighted by atomic mass is 10.2. The third-order valence-corrected chi connectivity index (χ3v) is 3.56. The highest BCUT2D eigenvalue weighted by molar-refractivity contribution is 6.35. The van der Waals surface area contributed by atoms with Crippen molar-refractivity contribution in [2.45, 2.75) is 6.92 Å². The quantitative estimate of drug-likeness (QED) is 0.581. The predicted octanol–water partition coefficient (Wildman–Crippen LogP) is 4.94. The molecular formula is C15H11Cl3O3. The van der Waals surface area contributed by atoms with Crippen LogP contribution in [0, 0.1) is 6.92 Å². The normalized spacial score (nSPS) is 10.3. The van der Waals surface area contributed by atoms with Crippen LogP contribution in [0.15, 0.2) is 36.4 Å². The van der Waals surface area contributed by atoms with Crippen LogP contribution in [-0.2, 0) is 4.79 Å². The fourth-order valence-electron chi connectivity index (χ4n) is 1.56. The molecule has 0 aliphatic rings. The van der Waals surface area contributed by atoms with Crippen molar-refractivity contribution in [3.05, 3.63) is 57.0 Å². The molecule has 0 saturated carbocycles. The largest absolute Gasteiger partial charge is 0.482 e. The number of hydrogen-bond donors (Lipinski definition) is 0. The van der Waals surface area contributed by atoms with E-state index >= 15 is 0 Å². The number of aryl methyl sites for hydroxylation is 1. The fourth-order valence-corrected chi connectivity index (χ4v) is 2.12. The molecule has 21 heavy (non-hydrogen) atoms. The minimum absolute atomic E-state index is 0.236. The van der Waals surface area contributed by atoms with Crippen LogP contribution in [0.1, 0.15) is 5.56 Å². The van der Waals surface area contributed by atoms with Crippen molar-refractivity contribution >= 4 is 40.8 Å². The standard InChI is InChI=1S/C15H11Cl3O3/c1-9-6-11(3-4-12(9)17)20-8-15(19)21-14-5-2-10(16)7-13(14)18/h2-7H,8H2,1H3. The molecule has 0 spiro atoms. The van der Waals surface area contributed by atoms with E-state index in [0.29, 0.717) is 15.8 Å². The van der Waals surface area contributed by atoms with Crippen LogP contribution in [0.3, 0.4) is 0 Å². The first-order chi connectivity index (χ1) is 9.95. The van der Waals surface area contributed by atoms with Crippen LogP contribution in [-0.4, -0.2) is 12.6 Å². The van der Waals surface area contributed by atoms with Crippen molar-refractivity contribution in [1.29, 1.82) is 0 Å². The lowest BCUT2D eigenvalue weighted by molar-refractivity contribution is -0.136. The summed E-state index contributed by atoms with van der Waals surface area (Å²) in [6.45, 7) is 1.61. The van der Waals surface area contributed by atoms with E-state index in [-0.39, 0.29) is 17.4 Å². The molecule has 2 rings (SSSR count). The Labute approximate surface area is 137 Å². The van der Waals surface area contributed by atoms with Crippen molar-refractivity contribution in [1.82, 2.24) is 0 Å². The van der Waals surface area contributed by atoms with Gasteiger partial charge in [-0.25, -0.2) is 4.79 Å². The number of carbonyl (C=O) groups is 1. The average molecular weight is 346 g/mol. The Morgan fingerprint density at radius 2 is 1.81 bits per heavy atom. The number of hydrogen-bond acceptors (Lipinski definition) is 3. The van der Waals surface area contributed by atoms with E-state index in [1.165, 1.54) is 12.1 Å². The summed E-state index contributed by atoms with van der Waals surface area (Å²) in [5, 5.41) is 1.36. The van der Waals surface area contributed by atoms with Gasteiger partial charge in [-0.3, -0.25) is 0 Å². The minimum Gasteiger partial charge on any atom is -0.482 e. The van der Waals surface area contributed by atoms with Crippen molar-refractivity contribution in [2.24, 2.45) is 0 Å². The molecular weight excluding hydrogens is 335 g/mol. The van der Waals surface area contributed by atoms with E-state index < -0.39 is 5.97 Å². The first-order valence-corrected chi connectivity index (χ1v) is 7.14. The zero-order chi connectivity index (χ0) is 15.4. The van der Waals surface area contributed by atoms with Crippen molar-refractivity contribution < 1.29 is 14.3 Å². The lowest BCUT2D eigenvalue weighted by Crippen LogP contribution is -2.17. The number of ether oxygens (including phenoxy) is 2. The van der Waals surface area contributed by atoms with Gasteiger partial charge in [-0.05, 0) is 48.9 Å². The van der Waals surface area contributed by atoms with Crippen molar-refractivity contribution in [3.63, 3.8) is 0 Å². The minimum atomic E-state index is -0.563. The molecule has 0 aliphatic carbocycles. The average Bonchev–Trinajstić information content (AvgIpc) is 2.43. The van der Waals surface area contributed by atoms with Gasteiger partial charge in [0, 0.05) is 10.0 Å². The summed E-state index contributed by atoms with van der Waals surface area (Å²) >= 11 is 17.6. The maximum absolute atomic E-state index is 11.7. The maximum Gasteiger partial charge on any atom is 0.349 e. The zero-order valence-corrected chi connectivity index (χ0v) is 13.3. The maximum atomic E-state index is 11.7. The Morgan fingerprint density at radius 3 is 2.48 bits per heavy atom. The van der Waals surface area contributed by atoms with E-state index in [1.807, 2.05) is 6.92 Å². The van der Waals surface area contributed by atoms with E-state index in [1.54, 1.807) is 24.3 Å². The molecule has 2 aromatic rings. The predicted molar refractivity (Wildman–Crippen MR) is 83.8 cm³/mol. The van der Waals surface area contributed by atoms with Crippen LogP contribution < -0.4 is 9.47 Å². The summed E-state index contributed by atoms with van der Waals surface area (Å²) in [5.41, 5.74) is 0.864. The number of esters is 1. The second-order valence-electron chi connectivity index (χ2n) is 4.25. The van der Waals surface area contributed by atoms with Crippen LogP contribution in [0.4, 0.5) is 0 Å². The van der Waals surface area contributed by atoms with Crippen LogP contribution in [0.2, 0.25) is 15.1 Å². The van der Waals surface area contributed by atoms with Crippen LogP contribution >= 0.6 is 34.8 Å². The molecule has 3 nitrogen and oxygen atoms in total. The van der Waals surface area contributed by atoms with E-state index in [2.05, 4.69) is 0 Å². The third kappa shape index (κ3) is 4.53. The van der Waals surface area contributed by atoms with E-state index in [4.69, 9.17) is 44.3 Å². The summed E-state index contributed by atoms with van der Waals surface area (Å²) in [6, 6.07) is 9.72. The Bertz CT molecular complexity index is 671. The highest BCUT2D eigenvalue weighted by atomic mass is 35.5. The van der Waals surface area contributed by atoms with Crippen LogP contribution in [0.5, 0.6) is 11.5 Å². The van der Waals surface area contributed by atoms with Gasteiger partial charge in [0.15, 0.2) is 6.61 Å². The SMILES string of the molecule is Cc1cc(OCC(=O)Oc2ccc(Cl)cc2Cl)ccc1Cl. The monoisotopic (exact) mass is 344 g/mol. The van der Waals surface area contributed by atoms with Gasteiger partial charge >= 0.3 is 5.97 Å². The second-order valence-corrected chi connectivity index (χ2v) is 5.50. The topological polar surface area (TPSA) is 35.5 Å². The number of benzene rings is 2. The summed E-state index contributed by atoms with van der Waals surface area (Å²) < 4.78 is 10.4. The molecule has 0 heterocycles. The third-order valence-electron chi connectivity index (χ3n) is 2.60. The summed E-state index contributed by atoms with van der Waals surface area (Å²) in [5.74, 6) is 0.213. The number of halogens is 3. The Hall–Kier alpha value is -1.42. The van der Waals surface area contributed by atoms with Gasteiger partial charge in [0.05, 0.1) is 5.02 Å². The molecule has 110 valence electrons. The van der Waals surface area contributed by atoms with E-state index in [0.717, 1.165) is 5.56 Å². The zero-order valence-electron chi connectivity index (χ0n) is 11.0. The molecule has 0 amide bonds. The van der Waals surface area contributed by atoms with Crippen molar-refractivity contribution in [3.8, 4) is 11.5 Å². The number of carbonyl (C=O) groups excluding carboxylic acids is 1. The van der Waals surface area contributed by atoms with Gasteiger partial charge in [-0.15, -0.1) is 0 Å².